The van der Waals surface area contributed by atoms with Crippen molar-refractivity contribution in [2.75, 3.05) is 32.9 Å². The molecule has 1 atom stereocenters. The van der Waals surface area contributed by atoms with Gasteiger partial charge >= 0.3 is 17.9 Å². The molecule has 25 heavy (non-hydrogen) atoms. The first-order valence-electron chi connectivity index (χ1n) is 8.58. The smallest absolute Gasteiger partial charge is 0.323 e. The molecule has 0 aliphatic carbocycles. The molecular weight excluding hydrogens is 328 g/mol. The number of hydrogen-bond donors (Lipinski definition) is 0. The van der Waals surface area contributed by atoms with Gasteiger partial charge in [-0.05, 0) is 40.2 Å². The number of carbonyl (C=O) groups excluding carboxylic acids is 3. The predicted octanol–water partition coefficient (Wildman–Crippen LogP) is 1.43. The largest absolute Gasteiger partial charge is 0.466 e. The molecule has 0 aromatic rings. The van der Waals surface area contributed by atoms with Gasteiger partial charge in [-0.15, -0.1) is 0 Å². The Morgan fingerprint density at radius 2 is 1.56 bits per heavy atom. The molecule has 0 aliphatic rings. The number of ether oxygens (including phenoxy) is 3. The van der Waals surface area contributed by atoms with Gasteiger partial charge in [0, 0.05) is 6.42 Å². The van der Waals surface area contributed by atoms with Crippen LogP contribution in [0.25, 0.3) is 0 Å². The minimum atomic E-state index is -0.925. The van der Waals surface area contributed by atoms with Crippen molar-refractivity contribution in [1.82, 2.24) is 4.90 Å². The summed E-state index contributed by atoms with van der Waals surface area (Å²) in [6.45, 7) is 5.86. The maximum absolute atomic E-state index is 12.3. The first-order valence-corrected chi connectivity index (χ1v) is 8.58. The van der Waals surface area contributed by atoms with Crippen LogP contribution in [-0.4, -0.2) is 61.8 Å². The van der Waals surface area contributed by atoms with E-state index >= 15 is 0 Å². The second-order valence-corrected chi connectivity index (χ2v) is 5.17. The third-order valence-electron chi connectivity index (χ3n) is 3.29. The normalized spacial score (nSPS) is 11.5. The third kappa shape index (κ3) is 10.4. The molecule has 8 nitrogen and oxygen atoms in total. The Labute approximate surface area is 149 Å². The average Bonchev–Trinajstić information content (AvgIpc) is 2.56. The van der Waals surface area contributed by atoms with Gasteiger partial charge < -0.3 is 14.2 Å². The minimum absolute atomic E-state index is 0.136. The van der Waals surface area contributed by atoms with Gasteiger partial charge in [0.25, 0.3) is 0 Å². The zero-order valence-electron chi connectivity index (χ0n) is 15.3. The number of esters is 3. The number of nitrogens with zero attached hydrogens (tertiary/aromatic N) is 2. The lowest BCUT2D eigenvalue weighted by Gasteiger charge is -2.28. The van der Waals surface area contributed by atoms with Crippen molar-refractivity contribution in [3.63, 3.8) is 0 Å². The van der Waals surface area contributed by atoms with Gasteiger partial charge in [-0.3, -0.25) is 19.3 Å². The summed E-state index contributed by atoms with van der Waals surface area (Å²) in [6, 6.07) is 1.12. The fourth-order valence-corrected chi connectivity index (χ4v) is 2.21. The second-order valence-electron chi connectivity index (χ2n) is 5.17. The van der Waals surface area contributed by atoms with Crippen LogP contribution in [-0.2, 0) is 28.6 Å². The van der Waals surface area contributed by atoms with Crippen molar-refractivity contribution >= 4 is 17.9 Å². The number of carbonyl (C=O) groups is 3. The third-order valence-corrected chi connectivity index (χ3v) is 3.29. The molecule has 0 fully saturated rings. The van der Waals surface area contributed by atoms with Crippen LogP contribution in [0.5, 0.6) is 0 Å². The summed E-state index contributed by atoms with van der Waals surface area (Å²) < 4.78 is 14.9. The molecule has 0 aromatic carbocycles. The highest BCUT2D eigenvalue weighted by atomic mass is 16.5. The molecule has 0 radical (unpaired) electrons. The van der Waals surface area contributed by atoms with Gasteiger partial charge in [0.1, 0.15) is 6.04 Å². The van der Waals surface area contributed by atoms with Crippen molar-refractivity contribution in [3.8, 4) is 6.07 Å². The number of nitriles is 1. The molecule has 0 aromatic heterocycles. The van der Waals surface area contributed by atoms with E-state index in [1.807, 2.05) is 6.07 Å². The summed E-state index contributed by atoms with van der Waals surface area (Å²) in [7, 11) is 0. The minimum Gasteiger partial charge on any atom is -0.466 e. The Morgan fingerprint density at radius 1 is 0.960 bits per heavy atom. The summed E-state index contributed by atoms with van der Waals surface area (Å²) in [5.74, 6) is -1.60. The van der Waals surface area contributed by atoms with Crippen molar-refractivity contribution in [2.45, 2.75) is 52.5 Å². The summed E-state index contributed by atoms with van der Waals surface area (Å²) in [5, 5.41) is 8.62. The van der Waals surface area contributed by atoms with Crippen LogP contribution in [0.4, 0.5) is 0 Å². The van der Waals surface area contributed by atoms with Crippen LogP contribution < -0.4 is 0 Å². The number of unbranched alkanes of at least 4 members (excludes halogenated alkanes) is 2. The Kier molecular flexibility index (Phi) is 13.0. The Morgan fingerprint density at radius 3 is 2.12 bits per heavy atom. The maximum atomic E-state index is 12.3. The lowest BCUT2D eigenvalue weighted by Crippen LogP contribution is -2.47. The monoisotopic (exact) mass is 356 g/mol. The molecule has 0 saturated carbocycles. The molecule has 0 unspecified atom stereocenters. The highest BCUT2D eigenvalue weighted by molar-refractivity contribution is 5.83. The lowest BCUT2D eigenvalue weighted by atomic mass is 10.1. The fraction of sp³-hybridized carbons (Fsp3) is 0.765. The topological polar surface area (TPSA) is 106 Å². The zero-order chi connectivity index (χ0) is 19.1. The number of hydrogen-bond acceptors (Lipinski definition) is 8. The Bertz CT molecular complexity index is 461. The van der Waals surface area contributed by atoms with Crippen molar-refractivity contribution < 1.29 is 28.6 Å². The van der Waals surface area contributed by atoms with Gasteiger partial charge in [0.05, 0.1) is 38.9 Å². The van der Waals surface area contributed by atoms with E-state index in [-0.39, 0.29) is 32.8 Å². The van der Waals surface area contributed by atoms with Crippen molar-refractivity contribution in [2.24, 2.45) is 0 Å². The van der Waals surface area contributed by atoms with Crippen LogP contribution in [0.1, 0.15) is 46.5 Å². The molecule has 0 saturated heterocycles. The van der Waals surface area contributed by atoms with E-state index < -0.39 is 23.9 Å². The van der Waals surface area contributed by atoms with E-state index in [4.69, 9.17) is 19.5 Å². The SMILES string of the molecule is CCOC(=O)C[C@@H](C(=O)OCC)N(CCCCC#N)CC(=O)OCC. The molecule has 0 rings (SSSR count). The van der Waals surface area contributed by atoms with E-state index in [2.05, 4.69) is 0 Å². The highest BCUT2D eigenvalue weighted by Gasteiger charge is 2.31. The van der Waals surface area contributed by atoms with E-state index in [0.717, 1.165) is 0 Å². The van der Waals surface area contributed by atoms with Crippen LogP contribution in [0, 0.1) is 11.3 Å². The van der Waals surface area contributed by atoms with Gasteiger partial charge in [-0.1, -0.05) is 0 Å². The number of rotatable bonds is 13. The first-order chi connectivity index (χ1) is 12.0. The highest BCUT2D eigenvalue weighted by Crippen LogP contribution is 2.11. The van der Waals surface area contributed by atoms with E-state index in [1.54, 1.807) is 25.7 Å². The molecular formula is C17H28N2O6. The van der Waals surface area contributed by atoms with Crippen LogP contribution >= 0.6 is 0 Å². The van der Waals surface area contributed by atoms with Gasteiger partial charge in [0.15, 0.2) is 0 Å². The fourth-order valence-electron chi connectivity index (χ4n) is 2.21. The van der Waals surface area contributed by atoms with E-state index in [0.29, 0.717) is 25.8 Å². The lowest BCUT2D eigenvalue weighted by molar-refractivity contribution is -0.158. The predicted molar refractivity (Wildman–Crippen MR) is 89.3 cm³/mol. The zero-order valence-corrected chi connectivity index (χ0v) is 15.3. The van der Waals surface area contributed by atoms with Crippen LogP contribution in [0.3, 0.4) is 0 Å². The van der Waals surface area contributed by atoms with Crippen LogP contribution in [0.15, 0.2) is 0 Å². The molecule has 0 aliphatic heterocycles. The van der Waals surface area contributed by atoms with E-state index in [1.165, 1.54) is 0 Å². The standard InChI is InChI=1S/C17H28N2O6/c1-4-23-15(20)12-14(17(22)25-6-3)19(11-9-7-8-10-18)13-16(21)24-5-2/h14H,4-9,11-13H2,1-3H3/t14-/m0/s1. The molecule has 0 spiro atoms. The summed E-state index contributed by atoms with van der Waals surface area (Å²) in [5.41, 5.74) is 0. The van der Waals surface area contributed by atoms with Gasteiger partial charge in [0.2, 0.25) is 0 Å². The second kappa shape index (κ2) is 14.2. The Balaban J connectivity index is 5.16. The molecule has 0 bridgehead atoms. The maximum Gasteiger partial charge on any atom is 0.323 e. The summed E-state index contributed by atoms with van der Waals surface area (Å²) >= 11 is 0. The van der Waals surface area contributed by atoms with Gasteiger partial charge in [-0.2, -0.15) is 5.26 Å². The summed E-state index contributed by atoms with van der Waals surface area (Å²) in [4.78, 5) is 37.5. The Hall–Kier alpha value is -2.14. The molecule has 8 heteroatoms. The average molecular weight is 356 g/mol. The molecule has 0 heterocycles. The molecule has 142 valence electrons. The van der Waals surface area contributed by atoms with Crippen molar-refractivity contribution in [1.29, 1.82) is 5.26 Å². The molecule has 0 N–H and O–H groups in total. The molecule has 0 amide bonds. The van der Waals surface area contributed by atoms with E-state index in [9.17, 15) is 14.4 Å². The first kappa shape index (κ1) is 22.9. The quantitative estimate of drug-likeness (QED) is 0.277. The van der Waals surface area contributed by atoms with Gasteiger partial charge in [-0.25, -0.2) is 0 Å². The van der Waals surface area contributed by atoms with Crippen molar-refractivity contribution in [3.05, 3.63) is 0 Å². The summed E-state index contributed by atoms with van der Waals surface area (Å²) in [6.07, 6.45) is 1.41. The van der Waals surface area contributed by atoms with Crippen LogP contribution in [0.2, 0.25) is 0 Å².